The number of carbonyl (C=O) groups excluding carboxylic acids is 1. The topological polar surface area (TPSA) is 74.2 Å². The van der Waals surface area contributed by atoms with Crippen LogP contribution in [0.2, 0.25) is 0 Å². The summed E-state index contributed by atoms with van der Waals surface area (Å²) in [5.41, 5.74) is 0.865. The fourth-order valence-corrected chi connectivity index (χ4v) is 2.55. The van der Waals surface area contributed by atoms with Crippen LogP contribution in [0.4, 0.5) is 0 Å². The molecule has 7 heteroatoms. The second-order valence-electron chi connectivity index (χ2n) is 5.17. The number of hydrogen-bond acceptors (Lipinski definition) is 6. The van der Waals surface area contributed by atoms with Gasteiger partial charge in [0.05, 0.1) is 0 Å². The molecule has 0 bridgehead atoms. The summed E-state index contributed by atoms with van der Waals surface area (Å²) in [4.78, 5) is 12.6. The molecular formula is C19H19BrO6. The van der Waals surface area contributed by atoms with E-state index in [1.54, 1.807) is 6.08 Å². The van der Waals surface area contributed by atoms with Crippen molar-refractivity contribution in [1.29, 1.82) is 0 Å². The van der Waals surface area contributed by atoms with Crippen molar-refractivity contribution in [3.8, 4) is 17.2 Å². The van der Waals surface area contributed by atoms with Gasteiger partial charge in [-0.3, -0.25) is 4.79 Å². The maximum atomic E-state index is 12.6. The summed E-state index contributed by atoms with van der Waals surface area (Å²) in [6.07, 6.45) is 3.02. The Morgan fingerprint density at radius 1 is 1.12 bits per heavy atom. The molecule has 2 rings (SSSR count). The largest absolute Gasteiger partial charge is 0.507 e. The minimum Gasteiger partial charge on any atom is -0.507 e. The zero-order chi connectivity index (χ0) is 18.9. The van der Waals surface area contributed by atoms with Gasteiger partial charge in [0.15, 0.2) is 19.4 Å². The van der Waals surface area contributed by atoms with Gasteiger partial charge in [-0.1, -0.05) is 34.1 Å². The number of phenolic OH excluding ortho intramolecular Hbond substituents is 1. The summed E-state index contributed by atoms with van der Waals surface area (Å²) in [5, 5.41) is 10.3. The second kappa shape index (κ2) is 9.96. The van der Waals surface area contributed by atoms with E-state index >= 15 is 0 Å². The Bertz CT molecular complexity index is 788. The van der Waals surface area contributed by atoms with Crippen molar-refractivity contribution < 1.29 is 28.8 Å². The monoisotopic (exact) mass is 422 g/mol. The number of ether oxygens (including phenoxy) is 4. The molecule has 0 aromatic heterocycles. The van der Waals surface area contributed by atoms with Gasteiger partial charge in [0.2, 0.25) is 0 Å². The molecule has 0 aliphatic carbocycles. The van der Waals surface area contributed by atoms with E-state index in [0.717, 1.165) is 10.0 Å². The molecule has 0 saturated carbocycles. The number of methoxy groups -OCH3 is 2. The van der Waals surface area contributed by atoms with E-state index in [4.69, 9.17) is 18.9 Å². The van der Waals surface area contributed by atoms with Gasteiger partial charge < -0.3 is 24.1 Å². The Balaban J connectivity index is 2.31. The predicted molar refractivity (Wildman–Crippen MR) is 101 cm³/mol. The van der Waals surface area contributed by atoms with Gasteiger partial charge in [-0.2, -0.15) is 0 Å². The van der Waals surface area contributed by atoms with Gasteiger partial charge in [-0.05, 0) is 23.8 Å². The minimum atomic E-state index is -0.410. The Kier molecular flexibility index (Phi) is 7.65. The molecule has 0 radical (unpaired) electrons. The van der Waals surface area contributed by atoms with Crippen LogP contribution in [0.15, 0.2) is 46.9 Å². The van der Waals surface area contributed by atoms with E-state index in [2.05, 4.69) is 15.9 Å². The molecule has 2 aromatic carbocycles. The fraction of sp³-hybridized carbons (Fsp3) is 0.211. The Morgan fingerprint density at radius 3 is 2.54 bits per heavy atom. The lowest BCUT2D eigenvalue weighted by Gasteiger charge is -2.13. The molecule has 0 unspecified atom stereocenters. The predicted octanol–water partition coefficient (Wildman–Crippen LogP) is 4.02. The average Bonchev–Trinajstić information content (AvgIpc) is 2.62. The van der Waals surface area contributed by atoms with Crippen molar-refractivity contribution in [1.82, 2.24) is 0 Å². The number of carbonyl (C=O) groups is 1. The molecule has 0 fully saturated rings. The van der Waals surface area contributed by atoms with Crippen LogP contribution < -0.4 is 9.47 Å². The standard InChI is InChI=1S/C19H19BrO6/c1-23-11-25-15-9-17(22)19(18(10-15)26-12-24-2)16(21)7-6-13-4-3-5-14(20)8-13/h3-10,22H,11-12H2,1-2H3/b7-6+. The van der Waals surface area contributed by atoms with E-state index in [1.807, 2.05) is 24.3 Å². The Hall–Kier alpha value is -2.35. The number of halogens is 1. The molecule has 1 N–H and O–H groups in total. The normalized spacial score (nSPS) is 10.9. The zero-order valence-corrected chi connectivity index (χ0v) is 16.0. The van der Waals surface area contributed by atoms with Crippen LogP contribution in [0.1, 0.15) is 15.9 Å². The van der Waals surface area contributed by atoms with Crippen LogP contribution in [-0.2, 0) is 9.47 Å². The number of ketones is 1. The molecule has 0 atom stereocenters. The van der Waals surface area contributed by atoms with Crippen molar-refractivity contribution in [2.24, 2.45) is 0 Å². The minimum absolute atomic E-state index is 0.000755. The lowest BCUT2D eigenvalue weighted by atomic mass is 10.1. The highest BCUT2D eigenvalue weighted by Crippen LogP contribution is 2.34. The quantitative estimate of drug-likeness (QED) is 0.373. The summed E-state index contributed by atoms with van der Waals surface area (Å²) in [7, 11) is 2.94. The third-order valence-electron chi connectivity index (χ3n) is 3.25. The number of aromatic hydroxyl groups is 1. The van der Waals surface area contributed by atoms with Crippen molar-refractivity contribution in [3.63, 3.8) is 0 Å². The van der Waals surface area contributed by atoms with Crippen LogP contribution in [0, 0.1) is 0 Å². The molecule has 0 heterocycles. The number of phenols is 1. The number of hydrogen-bond donors (Lipinski definition) is 1. The van der Waals surface area contributed by atoms with Crippen molar-refractivity contribution >= 4 is 27.8 Å². The summed E-state index contributed by atoms with van der Waals surface area (Å²) in [6, 6.07) is 10.3. The smallest absolute Gasteiger partial charge is 0.193 e. The molecule has 6 nitrogen and oxygen atoms in total. The number of benzene rings is 2. The van der Waals surface area contributed by atoms with E-state index < -0.39 is 5.78 Å². The van der Waals surface area contributed by atoms with Gasteiger partial charge in [0.1, 0.15) is 22.8 Å². The highest BCUT2D eigenvalue weighted by atomic mass is 79.9. The van der Waals surface area contributed by atoms with Crippen LogP contribution in [0.3, 0.4) is 0 Å². The van der Waals surface area contributed by atoms with Crippen molar-refractivity contribution in [2.75, 3.05) is 27.8 Å². The summed E-state index contributed by atoms with van der Waals surface area (Å²) >= 11 is 3.38. The van der Waals surface area contributed by atoms with E-state index in [9.17, 15) is 9.90 Å². The van der Waals surface area contributed by atoms with Gasteiger partial charge >= 0.3 is 0 Å². The number of rotatable bonds is 9. The van der Waals surface area contributed by atoms with E-state index in [-0.39, 0.29) is 30.6 Å². The number of allylic oxidation sites excluding steroid dienone is 1. The maximum Gasteiger partial charge on any atom is 0.193 e. The molecule has 0 saturated heterocycles. The van der Waals surface area contributed by atoms with Crippen LogP contribution in [0.5, 0.6) is 17.2 Å². The molecule has 2 aromatic rings. The highest BCUT2D eigenvalue weighted by Gasteiger charge is 2.18. The lowest BCUT2D eigenvalue weighted by molar-refractivity contribution is 0.0453. The van der Waals surface area contributed by atoms with Gasteiger partial charge in [0.25, 0.3) is 0 Å². The first-order valence-electron chi connectivity index (χ1n) is 7.63. The second-order valence-corrected chi connectivity index (χ2v) is 6.09. The molecule has 0 aliphatic rings. The SMILES string of the molecule is COCOc1cc(O)c(C(=O)/C=C/c2cccc(Br)c2)c(OCOC)c1. The summed E-state index contributed by atoms with van der Waals surface area (Å²) in [5.74, 6) is -0.203. The van der Waals surface area contributed by atoms with Crippen molar-refractivity contribution in [3.05, 3.63) is 58.1 Å². The highest BCUT2D eigenvalue weighted by molar-refractivity contribution is 9.10. The van der Waals surface area contributed by atoms with E-state index in [0.29, 0.717) is 5.75 Å². The van der Waals surface area contributed by atoms with Gasteiger partial charge in [0, 0.05) is 30.8 Å². The molecule has 0 amide bonds. The maximum absolute atomic E-state index is 12.6. The average molecular weight is 423 g/mol. The first kappa shape index (κ1) is 20.0. The summed E-state index contributed by atoms with van der Waals surface area (Å²) < 4.78 is 21.3. The van der Waals surface area contributed by atoms with Crippen LogP contribution >= 0.6 is 15.9 Å². The molecule has 26 heavy (non-hydrogen) atoms. The molecule has 138 valence electrons. The molecular weight excluding hydrogens is 404 g/mol. The lowest BCUT2D eigenvalue weighted by Crippen LogP contribution is -2.06. The van der Waals surface area contributed by atoms with Gasteiger partial charge in [-0.15, -0.1) is 0 Å². The summed E-state index contributed by atoms with van der Waals surface area (Å²) in [6.45, 7) is -0.0813. The third kappa shape index (κ3) is 5.59. The Labute approximate surface area is 160 Å². The molecule has 0 spiro atoms. The first-order valence-corrected chi connectivity index (χ1v) is 8.43. The zero-order valence-electron chi connectivity index (χ0n) is 14.4. The van der Waals surface area contributed by atoms with Crippen molar-refractivity contribution in [2.45, 2.75) is 0 Å². The molecule has 0 aliphatic heterocycles. The van der Waals surface area contributed by atoms with Crippen LogP contribution in [-0.4, -0.2) is 38.7 Å². The van der Waals surface area contributed by atoms with E-state index in [1.165, 1.54) is 32.4 Å². The van der Waals surface area contributed by atoms with Crippen LogP contribution in [0.25, 0.3) is 6.08 Å². The fourth-order valence-electron chi connectivity index (χ4n) is 2.14. The van der Waals surface area contributed by atoms with Gasteiger partial charge in [-0.25, -0.2) is 0 Å². The first-order chi connectivity index (χ1) is 12.5. The Morgan fingerprint density at radius 2 is 1.85 bits per heavy atom. The third-order valence-corrected chi connectivity index (χ3v) is 3.75.